The highest BCUT2D eigenvalue weighted by Gasteiger charge is 2.21. The van der Waals surface area contributed by atoms with Crippen LogP contribution in [-0.4, -0.2) is 62.2 Å². The topological polar surface area (TPSA) is 57.7 Å². The van der Waals surface area contributed by atoms with Gasteiger partial charge in [-0.15, -0.1) is 0 Å². The highest BCUT2D eigenvalue weighted by molar-refractivity contribution is 7.22. The van der Waals surface area contributed by atoms with Crippen LogP contribution < -0.4 is 15.0 Å². The van der Waals surface area contributed by atoms with Gasteiger partial charge in [0.05, 0.1) is 16.8 Å². The van der Waals surface area contributed by atoms with E-state index < -0.39 is 0 Å². The van der Waals surface area contributed by atoms with Gasteiger partial charge in [0.25, 0.3) is 5.91 Å². The van der Waals surface area contributed by atoms with Gasteiger partial charge in [0.15, 0.2) is 10.9 Å². The molecule has 0 spiro atoms. The normalized spacial score (nSPS) is 14.8. The molecule has 1 aliphatic heterocycles. The number of nitrogens with zero attached hydrogens (tertiary/aromatic N) is 3. The molecule has 2 aromatic carbocycles. The maximum absolute atomic E-state index is 12.3. The lowest BCUT2D eigenvalue weighted by molar-refractivity contribution is 0.0947. The second-order valence-corrected chi connectivity index (χ2v) is 8.79. The van der Waals surface area contributed by atoms with E-state index in [0.29, 0.717) is 22.9 Å². The number of aryl methyl sites for hydroxylation is 1. The Kier molecular flexibility index (Phi) is 6.41. The molecule has 1 saturated heterocycles. The Morgan fingerprint density at radius 3 is 2.77 bits per heavy atom. The summed E-state index contributed by atoms with van der Waals surface area (Å²) in [5, 5.41) is 4.60. The number of hydrogen-bond acceptors (Lipinski definition) is 6. The summed E-state index contributed by atoms with van der Waals surface area (Å²) in [7, 11) is 1.62. The van der Waals surface area contributed by atoms with Gasteiger partial charge in [-0.3, -0.25) is 9.69 Å². The summed E-state index contributed by atoms with van der Waals surface area (Å²) in [6.45, 7) is 7.16. The van der Waals surface area contributed by atoms with Crippen molar-refractivity contribution in [3.63, 3.8) is 0 Å². The van der Waals surface area contributed by atoms with Crippen molar-refractivity contribution in [1.82, 2.24) is 15.2 Å². The SMILES string of the molecule is COc1c(Cl)ccc2sc(N3CCN(CCNC(=O)c4cccc(C)c4)CC3)nc12. The smallest absolute Gasteiger partial charge is 0.251 e. The summed E-state index contributed by atoms with van der Waals surface area (Å²) in [4.78, 5) is 21.7. The van der Waals surface area contributed by atoms with Gasteiger partial charge in [0.1, 0.15) is 5.52 Å². The number of aromatic nitrogens is 1. The zero-order valence-corrected chi connectivity index (χ0v) is 18.7. The van der Waals surface area contributed by atoms with E-state index >= 15 is 0 Å². The van der Waals surface area contributed by atoms with Crippen molar-refractivity contribution in [2.75, 3.05) is 51.3 Å². The first-order valence-corrected chi connectivity index (χ1v) is 11.2. The molecule has 2 heterocycles. The highest BCUT2D eigenvalue weighted by Crippen LogP contribution is 2.38. The first kappa shape index (κ1) is 20.9. The number of nitrogens with one attached hydrogen (secondary N) is 1. The van der Waals surface area contributed by atoms with Crippen LogP contribution >= 0.6 is 22.9 Å². The number of fused-ring (bicyclic) bond motifs is 1. The van der Waals surface area contributed by atoms with E-state index in [1.54, 1.807) is 18.4 Å². The van der Waals surface area contributed by atoms with Gasteiger partial charge >= 0.3 is 0 Å². The molecule has 0 unspecified atom stereocenters. The van der Waals surface area contributed by atoms with Crippen molar-refractivity contribution in [3.8, 4) is 5.75 Å². The van der Waals surface area contributed by atoms with Crippen LogP contribution in [0.1, 0.15) is 15.9 Å². The molecule has 0 bridgehead atoms. The van der Waals surface area contributed by atoms with E-state index in [4.69, 9.17) is 21.3 Å². The number of thiazole rings is 1. The molecule has 1 aromatic heterocycles. The molecule has 1 amide bonds. The minimum atomic E-state index is -0.0144. The zero-order valence-electron chi connectivity index (χ0n) is 17.2. The Hall–Kier alpha value is -2.35. The average molecular weight is 445 g/mol. The summed E-state index contributed by atoms with van der Waals surface area (Å²) >= 11 is 7.89. The Balaban J connectivity index is 1.29. The first-order valence-electron chi connectivity index (χ1n) is 10.0. The molecule has 3 aromatic rings. The lowest BCUT2D eigenvalue weighted by atomic mass is 10.1. The van der Waals surface area contributed by atoms with E-state index in [1.165, 1.54) is 0 Å². The van der Waals surface area contributed by atoms with Gasteiger partial charge in [-0.25, -0.2) is 4.98 Å². The number of ether oxygens (including phenoxy) is 1. The summed E-state index contributed by atoms with van der Waals surface area (Å²) in [5.41, 5.74) is 2.63. The van der Waals surface area contributed by atoms with Crippen LogP contribution in [0.5, 0.6) is 5.75 Å². The summed E-state index contributed by atoms with van der Waals surface area (Å²) < 4.78 is 6.51. The number of methoxy groups -OCH3 is 1. The molecular formula is C22H25ClN4O2S. The van der Waals surface area contributed by atoms with Gasteiger partial charge < -0.3 is 15.0 Å². The van der Waals surface area contributed by atoms with Crippen LogP contribution in [0, 0.1) is 6.92 Å². The average Bonchev–Trinajstić information content (AvgIpc) is 3.18. The van der Waals surface area contributed by atoms with E-state index in [2.05, 4.69) is 15.1 Å². The van der Waals surface area contributed by atoms with Crippen molar-refractivity contribution in [2.24, 2.45) is 0 Å². The zero-order chi connectivity index (χ0) is 21.1. The number of benzene rings is 2. The molecule has 0 atom stereocenters. The third kappa shape index (κ3) is 4.53. The Labute approximate surface area is 185 Å². The minimum absolute atomic E-state index is 0.0144. The number of halogens is 1. The monoisotopic (exact) mass is 444 g/mol. The van der Waals surface area contributed by atoms with Crippen molar-refractivity contribution in [3.05, 3.63) is 52.5 Å². The number of piperazine rings is 1. The van der Waals surface area contributed by atoms with E-state index in [0.717, 1.165) is 53.6 Å². The van der Waals surface area contributed by atoms with Crippen LogP contribution in [0.15, 0.2) is 36.4 Å². The Bertz CT molecular complexity index is 1050. The lowest BCUT2D eigenvalue weighted by Crippen LogP contribution is -2.48. The molecule has 1 aliphatic rings. The van der Waals surface area contributed by atoms with E-state index in [1.807, 2.05) is 43.3 Å². The quantitative estimate of drug-likeness (QED) is 0.626. The van der Waals surface area contributed by atoms with Gasteiger partial charge in [-0.2, -0.15) is 0 Å². The number of carbonyl (C=O) groups is 1. The number of hydrogen-bond donors (Lipinski definition) is 1. The van der Waals surface area contributed by atoms with Crippen LogP contribution in [-0.2, 0) is 0 Å². The predicted molar refractivity (Wildman–Crippen MR) is 123 cm³/mol. The van der Waals surface area contributed by atoms with Gasteiger partial charge in [-0.1, -0.05) is 40.6 Å². The lowest BCUT2D eigenvalue weighted by Gasteiger charge is -2.34. The molecule has 1 N–H and O–H groups in total. The van der Waals surface area contributed by atoms with Crippen LogP contribution in [0.4, 0.5) is 5.13 Å². The van der Waals surface area contributed by atoms with Crippen molar-refractivity contribution in [2.45, 2.75) is 6.92 Å². The van der Waals surface area contributed by atoms with Crippen LogP contribution in [0.2, 0.25) is 5.02 Å². The molecule has 158 valence electrons. The number of carbonyl (C=O) groups excluding carboxylic acids is 1. The van der Waals surface area contributed by atoms with Crippen LogP contribution in [0.3, 0.4) is 0 Å². The second kappa shape index (κ2) is 9.20. The molecule has 8 heteroatoms. The second-order valence-electron chi connectivity index (χ2n) is 7.38. The van der Waals surface area contributed by atoms with Gasteiger partial charge in [0.2, 0.25) is 0 Å². The molecule has 0 aliphatic carbocycles. The molecule has 30 heavy (non-hydrogen) atoms. The van der Waals surface area contributed by atoms with E-state index in [9.17, 15) is 4.79 Å². The fraction of sp³-hybridized carbons (Fsp3) is 0.364. The highest BCUT2D eigenvalue weighted by atomic mass is 35.5. The number of amides is 1. The number of rotatable bonds is 6. The number of anilines is 1. The van der Waals surface area contributed by atoms with E-state index in [-0.39, 0.29) is 5.91 Å². The molecule has 6 nitrogen and oxygen atoms in total. The van der Waals surface area contributed by atoms with Crippen molar-refractivity contribution in [1.29, 1.82) is 0 Å². The van der Waals surface area contributed by atoms with Crippen molar-refractivity contribution >= 4 is 44.2 Å². The molecule has 4 rings (SSSR count). The molecule has 0 radical (unpaired) electrons. The fourth-order valence-electron chi connectivity index (χ4n) is 3.64. The third-order valence-electron chi connectivity index (χ3n) is 5.30. The van der Waals surface area contributed by atoms with Gasteiger partial charge in [-0.05, 0) is 31.2 Å². The predicted octanol–water partition coefficient (Wildman–Crippen LogP) is 3.82. The minimum Gasteiger partial charge on any atom is -0.493 e. The molecular weight excluding hydrogens is 420 g/mol. The third-order valence-corrected chi connectivity index (χ3v) is 6.67. The molecule has 1 fully saturated rings. The van der Waals surface area contributed by atoms with Gasteiger partial charge in [0, 0.05) is 44.8 Å². The maximum Gasteiger partial charge on any atom is 0.251 e. The first-order chi connectivity index (χ1) is 14.5. The summed E-state index contributed by atoms with van der Waals surface area (Å²) in [6.07, 6.45) is 0. The van der Waals surface area contributed by atoms with Crippen LogP contribution in [0.25, 0.3) is 10.2 Å². The van der Waals surface area contributed by atoms with Crippen molar-refractivity contribution < 1.29 is 9.53 Å². The summed E-state index contributed by atoms with van der Waals surface area (Å²) in [5.74, 6) is 0.624. The fourth-order valence-corrected chi connectivity index (χ4v) is 4.89. The summed E-state index contributed by atoms with van der Waals surface area (Å²) in [6, 6.07) is 11.5. The molecule has 0 saturated carbocycles. The largest absolute Gasteiger partial charge is 0.493 e. The standard InChI is InChI=1S/C22H25ClN4O2S/c1-15-4-3-5-16(14-15)21(28)24-8-9-26-10-12-27(13-11-26)22-25-19-18(30-22)7-6-17(23)20(19)29-2/h3-7,14H,8-13H2,1-2H3,(H,24,28). The Morgan fingerprint density at radius 2 is 2.03 bits per heavy atom. The maximum atomic E-state index is 12.3. The Morgan fingerprint density at radius 1 is 1.23 bits per heavy atom.